The number of rotatable bonds is 25. The van der Waals surface area contributed by atoms with Gasteiger partial charge in [0.2, 0.25) is 17.7 Å². The molecule has 0 unspecified atom stereocenters. The fourth-order valence-electron chi connectivity index (χ4n) is 9.63. The van der Waals surface area contributed by atoms with Crippen LogP contribution in [0.4, 0.5) is 32.3 Å². The van der Waals surface area contributed by atoms with Gasteiger partial charge in [-0.1, -0.05) is 113 Å². The van der Waals surface area contributed by atoms with E-state index < -0.39 is 124 Å². The molecule has 0 bridgehead atoms. The van der Waals surface area contributed by atoms with E-state index in [1.807, 2.05) is 149 Å². The minimum absolute atomic E-state index is 0.0371. The number of epoxide rings is 1. The van der Waals surface area contributed by atoms with E-state index in [9.17, 15) is 71.3 Å². The fraction of sp³-hybridized carbons (Fsp3) is 0.632. The molecule has 1 aliphatic rings. The summed E-state index contributed by atoms with van der Waals surface area (Å²) in [5.41, 5.74) is 10.7. The summed E-state index contributed by atoms with van der Waals surface area (Å²) in [5.74, 6) is 1.23. The number of benzene rings is 3. The molecule has 0 aromatic heterocycles. The first-order chi connectivity index (χ1) is 51.7. The Kier molecular flexibility index (Phi) is 54.5. The third kappa shape index (κ3) is 50.8. The van der Waals surface area contributed by atoms with Crippen LogP contribution >= 0.6 is 105 Å². The molecule has 3 aromatic rings. The number of methoxy groups -OCH3 is 4. The van der Waals surface area contributed by atoms with Crippen LogP contribution in [-0.2, 0) is 81.2 Å². The van der Waals surface area contributed by atoms with Gasteiger partial charge in [-0.15, -0.1) is 0 Å². The van der Waals surface area contributed by atoms with Crippen molar-refractivity contribution in [3.8, 4) is 0 Å². The summed E-state index contributed by atoms with van der Waals surface area (Å²) >= 11 is 12.0. The average Bonchev–Trinajstić information content (AvgIpc) is 1.51. The molecule has 10 atom stereocenters. The van der Waals surface area contributed by atoms with Crippen LogP contribution in [0.25, 0.3) is 0 Å². The van der Waals surface area contributed by atoms with Gasteiger partial charge in [-0.3, -0.25) is 34.2 Å². The average molecular weight is 2280 g/mol. The van der Waals surface area contributed by atoms with Crippen molar-refractivity contribution < 1.29 is 118 Å². The molecule has 1 aliphatic heterocycles. The standard InChI is InChI=1S/C19H26F3IN2O4.C17H25IO3.C15H20INO3.C9H17NO3.C8H17N3O3.C8H16N2O3.I3/c1-5-14(26)13(10-11-6-8-12(23)9-7-11)24-16(27)15(25-17(28)29-4)18(2,3)19(20,21)22;1-5-15(19)13(11-16(20)21-17(2,3)4)10-12-6-8-14(18)9-7-12;1-15(2,3)20-14(18)17-12(13-9-19-13)8-10-4-6-11(16)7-5-10;1-9(2,3)6(8(10)12)5-7(11)13-4;1-8(2,3)5(6(12)11-9)10-7(13)14-4;1-8(2,3)5(6(9)11)10-7(12)13-4;1-3-2/h6-9,13-15,26H,5,10H2,1-4H3,(H,24,27)(H,25,28);6-9,13,15,19H,5,10-11H2,1-4H3;4-7,12-13H,8-9H2,1-3H3,(H,17,18);6H,5H2,1-4H3,(H2,10,12);5H,9H2,1-4H3,(H,10,13)(H,11,12);5H,1-4H3,(H2,9,11)(H,10,12);/q;;;;;;-1/t13-,14-,15+;13-,15+;12-,13-;6-;2*5-;/m010111./s1. The van der Waals surface area contributed by atoms with Gasteiger partial charge in [0.15, 0.2) is 0 Å². The first kappa shape index (κ1) is 113. The molecule has 8 amide bonds. The fourth-order valence-corrected chi connectivity index (χ4v) is 10.7. The van der Waals surface area contributed by atoms with Gasteiger partial charge in [-0.25, -0.2) is 25.0 Å². The van der Waals surface area contributed by atoms with Gasteiger partial charge in [0, 0.05) is 10.7 Å². The van der Waals surface area contributed by atoms with Gasteiger partial charge < -0.3 is 81.4 Å². The Morgan fingerprint density at radius 2 is 0.867 bits per heavy atom. The number of primary amides is 2. The van der Waals surface area contributed by atoms with Crippen molar-refractivity contribution in [3.63, 3.8) is 0 Å². The predicted molar refractivity (Wildman–Crippen MR) is 465 cm³/mol. The summed E-state index contributed by atoms with van der Waals surface area (Å²) < 4.78 is 77.6. The van der Waals surface area contributed by atoms with Crippen molar-refractivity contribution in [3.05, 3.63) is 100 Å². The number of halogens is 9. The first-order valence-corrected chi connectivity index (χ1v) is 51.4. The Morgan fingerprint density at radius 3 is 1.18 bits per heavy atom. The van der Waals surface area contributed by atoms with Crippen LogP contribution in [0.3, 0.4) is 0 Å². The molecule has 3 aromatic carbocycles. The number of ether oxygens (including phenoxy) is 7. The summed E-state index contributed by atoms with van der Waals surface area (Å²) in [4.78, 5) is 114. The topological polar surface area (TPSA) is 429 Å². The zero-order valence-corrected chi connectivity index (χ0v) is 81.8. The van der Waals surface area contributed by atoms with Gasteiger partial charge in [0.05, 0.1) is 83.5 Å². The number of aliphatic hydroxyl groups is 2. The number of aliphatic hydroxyl groups excluding tert-OH is 2. The quantitative estimate of drug-likeness (QED) is 0.00714. The summed E-state index contributed by atoms with van der Waals surface area (Å²) in [6.45, 7) is 33.5. The van der Waals surface area contributed by atoms with E-state index in [4.69, 9.17) is 31.5 Å². The van der Waals surface area contributed by atoms with E-state index >= 15 is 0 Å². The normalized spacial score (nSPS) is 14.9. The Hall–Kier alpha value is -4.43. The molecule has 1 fully saturated rings. The van der Waals surface area contributed by atoms with Crippen molar-refractivity contribution in [2.45, 2.75) is 242 Å². The number of hydrazine groups is 1. The molecular weight excluding hydrogens is 2160 g/mol. The Bertz CT molecular complexity index is 3330. The van der Waals surface area contributed by atoms with E-state index in [0.29, 0.717) is 32.7 Å². The molecule has 0 aliphatic carbocycles. The molecule has 14 N–H and O–H groups in total. The van der Waals surface area contributed by atoms with Crippen LogP contribution in [0, 0.1) is 44.2 Å². The van der Waals surface area contributed by atoms with Gasteiger partial charge >= 0.3 is 93.0 Å². The molecule has 37 heteroatoms. The zero-order chi connectivity index (χ0) is 88.6. The Labute approximate surface area is 735 Å². The van der Waals surface area contributed by atoms with Crippen LogP contribution in [0.5, 0.6) is 0 Å². The van der Waals surface area contributed by atoms with Crippen LogP contribution in [0.15, 0.2) is 72.8 Å². The van der Waals surface area contributed by atoms with E-state index in [1.165, 1.54) is 34.0 Å². The van der Waals surface area contributed by atoms with Crippen molar-refractivity contribution in [1.82, 2.24) is 32.0 Å². The van der Waals surface area contributed by atoms with E-state index in [-0.39, 0.29) is 61.2 Å². The summed E-state index contributed by atoms with van der Waals surface area (Å²) in [7, 11) is 4.75. The molecule has 28 nitrogen and oxygen atoms in total. The second-order valence-electron chi connectivity index (χ2n) is 31.5. The van der Waals surface area contributed by atoms with E-state index in [1.54, 1.807) is 27.7 Å². The molecule has 0 spiro atoms. The molecule has 4 rings (SSSR count). The predicted octanol–water partition coefficient (Wildman–Crippen LogP) is 9.94. The van der Waals surface area contributed by atoms with E-state index in [0.717, 1.165) is 42.1 Å². The number of carbonyl (C=O) groups excluding carboxylic acids is 10. The first-order valence-electron chi connectivity index (χ1n) is 35.5. The molecule has 648 valence electrons. The number of alkyl halides is 3. The number of alkyl carbamates (subject to hydrolysis) is 4. The van der Waals surface area contributed by atoms with Gasteiger partial charge in [-0.05, 0) is 231 Å². The van der Waals surface area contributed by atoms with Crippen molar-refractivity contribution in [2.75, 3.05) is 35.0 Å². The van der Waals surface area contributed by atoms with E-state index in [2.05, 4.69) is 169 Å². The maximum atomic E-state index is 13.5. The van der Waals surface area contributed by atoms with Gasteiger partial charge in [0.25, 0.3) is 5.91 Å². The second-order valence-corrected chi connectivity index (χ2v) is 51.4. The van der Waals surface area contributed by atoms with Crippen LogP contribution < -0.4 is 62.6 Å². The molecule has 1 saturated heterocycles. The Morgan fingerprint density at radius 1 is 0.496 bits per heavy atom. The third-order valence-corrected chi connectivity index (χ3v) is 18.3. The number of amides is 8. The number of hydrogen-bond acceptors (Lipinski definition) is 20. The second kappa shape index (κ2) is 54.6. The number of nitrogens with one attached hydrogen (secondary N) is 6. The molecule has 113 heavy (non-hydrogen) atoms. The molecular formula is C76H121F3I6N9O19-. The molecule has 0 saturated carbocycles. The molecule has 1 heterocycles. The SMILES string of the molecule is CC(C)(C)OC(=O)N[C@@H](Cc1ccc(I)cc1)[C@@H]1CO1.CC[C@H](O)[C@@H](CC(=O)OC(C)(C)C)Cc1ccc(I)cc1.CC[C@H](O)[C@H](Cc1ccc(I)cc1)NC(=O)[C@@H](NC(=O)OC)C(C)(C)C(F)(F)F.COC(=O)C[C@H](C(N)=O)C(C)(C)C.COC(=O)N[C@H](C(=O)NN)C(C)(C)C.COC(=O)N[C@H](C(N)=O)C(C)(C)C.I[I-]I. The van der Waals surface area contributed by atoms with Crippen molar-refractivity contribution in [1.29, 1.82) is 0 Å². The van der Waals surface area contributed by atoms with Crippen LogP contribution in [0.2, 0.25) is 0 Å². The van der Waals surface area contributed by atoms with Gasteiger partial charge in [0.1, 0.15) is 35.4 Å². The number of nitrogens with two attached hydrogens (primary N) is 3. The van der Waals surface area contributed by atoms with Crippen LogP contribution in [0.1, 0.15) is 174 Å². The summed E-state index contributed by atoms with van der Waals surface area (Å²) in [5, 5.41) is 32.6. The van der Waals surface area contributed by atoms with Crippen LogP contribution in [-0.4, -0.2) is 171 Å². The van der Waals surface area contributed by atoms with Crippen molar-refractivity contribution >= 4 is 165 Å². The number of esters is 2. The zero-order valence-electron chi connectivity index (χ0n) is 68.8. The monoisotopic (exact) mass is 2280 g/mol. The third-order valence-electron chi connectivity index (χ3n) is 16.1. The maximum absolute atomic E-state index is 13.5. The number of hydrogen-bond donors (Lipinski definition) is 11. The van der Waals surface area contributed by atoms with Crippen molar-refractivity contribution in [2.24, 2.45) is 50.8 Å². The summed E-state index contributed by atoms with van der Waals surface area (Å²) in [6.07, 6.45) is -6.13. The molecule has 0 radical (unpaired) electrons. The summed E-state index contributed by atoms with van der Waals surface area (Å²) in [6, 6.07) is 19.5. The van der Waals surface area contributed by atoms with Gasteiger partial charge in [-0.2, -0.15) is 13.2 Å². The Balaban J connectivity index is -0.00000131. The number of carbonyl (C=O) groups is 10. The minimum atomic E-state index is -4.77.